The van der Waals surface area contributed by atoms with Crippen LogP contribution in [0.3, 0.4) is 0 Å². The molecule has 106 valence electrons. The average molecular weight is 268 g/mol. The number of nitro benzene ring substituents is 1. The lowest BCUT2D eigenvalue weighted by Gasteiger charge is -2.22. The minimum absolute atomic E-state index is 0.0160. The minimum Gasteiger partial charge on any atom is -0.491 e. The summed E-state index contributed by atoms with van der Waals surface area (Å²) in [6.07, 6.45) is -0.630. The zero-order valence-electron chi connectivity index (χ0n) is 11.4. The third kappa shape index (κ3) is 6.17. The van der Waals surface area contributed by atoms with Gasteiger partial charge in [0.25, 0.3) is 5.69 Å². The van der Waals surface area contributed by atoms with Gasteiger partial charge in [0.2, 0.25) is 0 Å². The highest BCUT2D eigenvalue weighted by Gasteiger charge is 2.12. The lowest BCUT2D eigenvalue weighted by atomic mass is 10.1. The molecule has 0 unspecified atom stereocenters. The molecule has 1 atom stereocenters. The van der Waals surface area contributed by atoms with Crippen molar-refractivity contribution in [1.29, 1.82) is 0 Å². The number of hydrogen-bond donors (Lipinski definition) is 2. The minimum atomic E-state index is -0.630. The molecule has 0 aromatic heterocycles. The Morgan fingerprint density at radius 2 is 1.95 bits per heavy atom. The van der Waals surface area contributed by atoms with Crippen molar-refractivity contribution >= 4 is 5.69 Å². The van der Waals surface area contributed by atoms with E-state index < -0.39 is 11.0 Å². The maximum atomic E-state index is 10.5. The van der Waals surface area contributed by atoms with Gasteiger partial charge in [-0.05, 0) is 32.9 Å². The molecule has 0 saturated carbocycles. The molecule has 0 radical (unpaired) electrons. The number of non-ortho nitro benzene ring substituents is 1. The fraction of sp³-hybridized carbons (Fsp3) is 0.538. The third-order valence-electron chi connectivity index (χ3n) is 2.36. The van der Waals surface area contributed by atoms with Gasteiger partial charge in [-0.3, -0.25) is 10.1 Å². The molecule has 0 aliphatic rings. The highest BCUT2D eigenvalue weighted by molar-refractivity contribution is 5.35. The standard InChI is InChI=1S/C13H20N2O4/c1-13(2,3)14-8-11(16)9-19-12-6-4-10(5-7-12)15(17)18/h4-7,11,14,16H,8-9H2,1-3H3/t11-/m1/s1. The number of rotatable bonds is 6. The first-order valence-corrected chi connectivity index (χ1v) is 6.08. The number of nitro groups is 1. The van der Waals surface area contributed by atoms with E-state index in [4.69, 9.17) is 4.74 Å². The molecular formula is C13H20N2O4. The molecule has 0 aliphatic carbocycles. The number of aliphatic hydroxyl groups excluding tert-OH is 1. The number of nitrogens with zero attached hydrogens (tertiary/aromatic N) is 1. The van der Waals surface area contributed by atoms with Gasteiger partial charge in [-0.1, -0.05) is 0 Å². The smallest absolute Gasteiger partial charge is 0.269 e. The molecular weight excluding hydrogens is 248 g/mol. The average Bonchev–Trinajstić information content (AvgIpc) is 2.33. The summed E-state index contributed by atoms with van der Waals surface area (Å²) in [4.78, 5) is 10.0. The molecule has 0 heterocycles. The highest BCUT2D eigenvalue weighted by atomic mass is 16.6. The SMILES string of the molecule is CC(C)(C)NC[C@@H](O)COc1ccc([N+](=O)[O-])cc1. The zero-order chi connectivity index (χ0) is 14.5. The van der Waals surface area contributed by atoms with Crippen LogP contribution in [-0.2, 0) is 0 Å². The van der Waals surface area contributed by atoms with E-state index in [1.165, 1.54) is 24.3 Å². The van der Waals surface area contributed by atoms with E-state index in [-0.39, 0.29) is 17.8 Å². The molecule has 0 spiro atoms. The van der Waals surface area contributed by atoms with E-state index in [9.17, 15) is 15.2 Å². The monoisotopic (exact) mass is 268 g/mol. The van der Waals surface area contributed by atoms with Crippen LogP contribution in [0.5, 0.6) is 5.75 Å². The summed E-state index contributed by atoms with van der Waals surface area (Å²) < 4.78 is 5.36. The van der Waals surface area contributed by atoms with Gasteiger partial charge in [-0.2, -0.15) is 0 Å². The molecule has 1 aromatic rings. The summed E-state index contributed by atoms with van der Waals surface area (Å²) in [7, 11) is 0. The van der Waals surface area contributed by atoms with Gasteiger partial charge >= 0.3 is 0 Å². The first-order chi connectivity index (χ1) is 8.78. The topological polar surface area (TPSA) is 84.6 Å². The predicted molar refractivity (Wildman–Crippen MR) is 72.4 cm³/mol. The molecule has 1 rings (SSSR count). The lowest BCUT2D eigenvalue weighted by molar-refractivity contribution is -0.384. The van der Waals surface area contributed by atoms with E-state index in [2.05, 4.69) is 5.32 Å². The molecule has 0 saturated heterocycles. The van der Waals surface area contributed by atoms with Crippen LogP contribution in [0.25, 0.3) is 0 Å². The van der Waals surface area contributed by atoms with Crippen LogP contribution in [0.1, 0.15) is 20.8 Å². The van der Waals surface area contributed by atoms with Crippen molar-refractivity contribution in [3.63, 3.8) is 0 Å². The van der Waals surface area contributed by atoms with E-state index >= 15 is 0 Å². The van der Waals surface area contributed by atoms with E-state index in [1.807, 2.05) is 20.8 Å². The van der Waals surface area contributed by atoms with Crippen LogP contribution in [-0.4, -0.2) is 34.8 Å². The molecule has 0 fully saturated rings. The van der Waals surface area contributed by atoms with E-state index in [1.54, 1.807) is 0 Å². The molecule has 6 nitrogen and oxygen atoms in total. The maximum Gasteiger partial charge on any atom is 0.269 e. The second-order valence-electron chi connectivity index (χ2n) is 5.35. The molecule has 1 aromatic carbocycles. The van der Waals surface area contributed by atoms with Crippen LogP contribution in [0.15, 0.2) is 24.3 Å². The molecule has 0 amide bonds. The Balaban J connectivity index is 2.37. The van der Waals surface area contributed by atoms with Gasteiger partial charge in [0, 0.05) is 24.2 Å². The Labute approximate surface area is 112 Å². The van der Waals surface area contributed by atoms with E-state index in [0.29, 0.717) is 12.3 Å². The fourth-order valence-corrected chi connectivity index (χ4v) is 1.34. The molecule has 2 N–H and O–H groups in total. The first kappa shape index (κ1) is 15.4. The van der Waals surface area contributed by atoms with Crippen LogP contribution in [0.2, 0.25) is 0 Å². The Hall–Kier alpha value is -1.66. The summed E-state index contributed by atoms with van der Waals surface area (Å²) in [5.41, 5.74) is -0.0452. The van der Waals surface area contributed by atoms with Gasteiger partial charge in [-0.25, -0.2) is 0 Å². The summed E-state index contributed by atoms with van der Waals surface area (Å²) in [6.45, 7) is 6.60. The van der Waals surface area contributed by atoms with Crippen molar-refractivity contribution in [3.8, 4) is 5.75 Å². The zero-order valence-corrected chi connectivity index (χ0v) is 11.4. The van der Waals surface area contributed by atoms with Crippen molar-refractivity contribution in [1.82, 2.24) is 5.32 Å². The summed E-state index contributed by atoms with van der Waals surface area (Å²) in [6, 6.07) is 5.77. The molecule has 0 bridgehead atoms. The fourth-order valence-electron chi connectivity index (χ4n) is 1.34. The van der Waals surface area contributed by atoms with Gasteiger partial charge in [-0.15, -0.1) is 0 Å². The normalized spacial score (nSPS) is 13.1. The number of ether oxygens (including phenoxy) is 1. The number of hydrogen-bond acceptors (Lipinski definition) is 5. The lowest BCUT2D eigenvalue weighted by Crippen LogP contribution is -2.42. The summed E-state index contributed by atoms with van der Waals surface area (Å²) in [5, 5.41) is 23.4. The second kappa shape index (κ2) is 6.49. The van der Waals surface area contributed by atoms with Crippen molar-refractivity contribution < 1.29 is 14.8 Å². The largest absolute Gasteiger partial charge is 0.491 e. The second-order valence-corrected chi connectivity index (χ2v) is 5.35. The third-order valence-corrected chi connectivity index (χ3v) is 2.36. The quantitative estimate of drug-likeness (QED) is 0.606. The number of nitrogens with one attached hydrogen (secondary N) is 1. The number of β-amino-alcohol motifs (C(OH)–C–C–N with tert-alkyl or cyclic N) is 1. The first-order valence-electron chi connectivity index (χ1n) is 6.08. The maximum absolute atomic E-state index is 10.5. The van der Waals surface area contributed by atoms with Gasteiger partial charge in [0.15, 0.2) is 0 Å². The number of aliphatic hydroxyl groups is 1. The van der Waals surface area contributed by atoms with Crippen molar-refractivity contribution in [2.45, 2.75) is 32.4 Å². The van der Waals surface area contributed by atoms with E-state index in [0.717, 1.165) is 0 Å². The summed E-state index contributed by atoms with van der Waals surface area (Å²) in [5.74, 6) is 0.500. The van der Waals surface area contributed by atoms with Crippen molar-refractivity contribution in [2.24, 2.45) is 0 Å². The van der Waals surface area contributed by atoms with Crippen LogP contribution >= 0.6 is 0 Å². The van der Waals surface area contributed by atoms with Crippen molar-refractivity contribution in [2.75, 3.05) is 13.2 Å². The Bertz CT molecular complexity index is 412. The Kier molecular flexibility index (Phi) is 5.26. The van der Waals surface area contributed by atoms with Crippen LogP contribution < -0.4 is 10.1 Å². The Morgan fingerprint density at radius 1 is 1.37 bits per heavy atom. The Morgan fingerprint density at radius 3 is 2.42 bits per heavy atom. The predicted octanol–water partition coefficient (Wildman–Crippen LogP) is 1.72. The molecule has 0 aliphatic heterocycles. The van der Waals surface area contributed by atoms with Crippen LogP contribution in [0, 0.1) is 10.1 Å². The highest BCUT2D eigenvalue weighted by Crippen LogP contribution is 2.17. The number of benzene rings is 1. The van der Waals surface area contributed by atoms with Crippen molar-refractivity contribution in [3.05, 3.63) is 34.4 Å². The summed E-state index contributed by atoms with van der Waals surface area (Å²) >= 11 is 0. The molecule has 6 heteroatoms. The molecule has 19 heavy (non-hydrogen) atoms. The van der Waals surface area contributed by atoms with Gasteiger partial charge in [0.05, 0.1) is 4.92 Å². The van der Waals surface area contributed by atoms with Gasteiger partial charge < -0.3 is 15.2 Å². The van der Waals surface area contributed by atoms with Gasteiger partial charge in [0.1, 0.15) is 18.5 Å². The van der Waals surface area contributed by atoms with Crippen LogP contribution in [0.4, 0.5) is 5.69 Å².